The fourth-order valence-corrected chi connectivity index (χ4v) is 5.43. The smallest absolute Gasteiger partial charge is 0.396 e. The molecule has 0 saturated carbocycles. The van der Waals surface area contributed by atoms with Crippen LogP contribution in [0.4, 0.5) is 33.3 Å². The summed E-state index contributed by atoms with van der Waals surface area (Å²) in [5, 5.41) is 12.4. The quantitative estimate of drug-likeness (QED) is 0.184. The average Bonchev–Trinajstić information content (AvgIpc) is 2.83. The number of nitrogens with two attached hydrogens (primary N) is 1. The molecule has 4 N–H and O–H groups in total. The lowest BCUT2D eigenvalue weighted by Crippen LogP contribution is -2.76. The lowest BCUT2D eigenvalue weighted by molar-refractivity contribution is -0.193. The lowest BCUT2D eigenvalue weighted by Gasteiger charge is -2.57. The first kappa shape index (κ1) is 27.8. The van der Waals surface area contributed by atoms with Crippen LogP contribution in [0.5, 0.6) is 0 Å². The molecule has 0 radical (unpaired) electrons. The van der Waals surface area contributed by atoms with Crippen molar-refractivity contribution in [2.45, 2.75) is 31.7 Å². The number of carbonyl (C=O) groups is 2. The number of nitrogen functional groups attached to an aromatic ring is 1. The van der Waals surface area contributed by atoms with Gasteiger partial charge in [0.25, 0.3) is 0 Å². The number of halogens is 6. The Bertz CT molecular complexity index is 1660. The predicted octanol–water partition coefficient (Wildman–Crippen LogP) is 3.10. The van der Waals surface area contributed by atoms with Gasteiger partial charge >= 0.3 is 18.1 Å². The first-order valence-electron chi connectivity index (χ1n) is 11.8. The van der Waals surface area contributed by atoms with Gasteiger partial charge in [0, 0.05) is 30.4 Å². The van der Waals surface area contributed by atoms with Crippen LogP contribution in [-0.2, 0) is 16.1 Å². The predicted molar refractivity (Wildman–Crippen MR) is 134 cm³/mol. The average molecular weight is 587 g/mol. The van der Waals surface area contributed by atoms with Crippen LogP contribution in [-0.4, -0.2) is 53.0 Å². The van der Waals surface area contributed by atoms with Gasteiger partial charge in [0.05, 0.1) is 45.1 Å². The number of aryl methyl sites for hydroxylation is 1. The van der Waals surface area contributed by atoms with Crippen molar-refractivity contribution in [2.24, 2.45) is 0 Å². The molecule has 0 unspecified atom stereocenters. The van der Waals surface area contributed by atoms with Crippen LogP contribution in [0, 0.1) is 18.6 Å². The zero-order chi connectivity index (χ0) is 29.3. The molecule has 212 valence electrons. The maximum atomic E-state index is 15.8. The Hall–Kier alpha value is -3.75. The Morgan fingerprint density at radius 1 is 1.25 bits per heavy atom. The van der Waals surface area contributed by atoms with E-state index in [1.807, 2.05) is 0 Å². The molecule has 3 aromatic rings. The van der Waals surface area contributed by atoms with Crippen molar-refractivity contribution >= 4 is 45.8 Å². The molecule has 0 bridgehead atoms. The summed E-state index contributed by atoms with van der Waals surface area (Å²) >= 11 is 6.70. The molecule has 2 aliphatic rings. The molecule has 0 atom stereocenters. The number of rotatable bonds is 4. The number of aliphatic hydroxyl groups is 1. The molecule has 3 heterocycles. The number of hydrogen-bond acceptors (Lipinski definition) is 8. The summed E-state index contributed by atoms with van der Waals surface area (Å²) in [5.74, 6) is -6.67. The topological polar surface area (TPSA) is 127 Å². The Morgan fingerprint density at radius 3 is 2.45 bits per heavy atom. The van der Waals surface area contributed by atoms with Crippen LogP contribution < -0.4 is 21.4 Å². The van der Waals surface area contributed by atoms with E-state index in [9.17, 15) is 37.1 Å². The van der Waals surface area contributed by atoms with Gasteiger partial charge in [0.15, 0.2) is 5.82 Å². The highest BCUT2D eigenvalue weighted by atomic mass is 35.5. The maximum Gasteiger partial charge on any atom is 0.491 e. The molecular formula is C25H20ClF5N4O5. The molecule has 1 spiro atoms. The Morgan fingerprint density at radius 2 is 1.90 bits per heavy atom. The van der Waals surface area contributed by atoms with Crippen molar-refractivity contribution in [3.05, 3.63) is 61.9 Å². The zero-order valence-electron chi connectivity index (χ0n) is 20.6. The van der Waals surface area contributed by atoms with Crippen LogP contribution in [0.1, 0.15) is 27.9 Å². The highest BCUT2D eigenvalue weighted by Gasteiger charge is 2.49. The molecule has 0 amide bonds. The Labute approximate surface area is 226 Å². The number of hydrogen-bond donors (Lipinski definition) is 3. The number of nitrogens with zero attached hydrogens (tertiary/aromatic N) is 2. The van der Waals surface area contributed by atoms with Crippen molar-refractivity contribution in [3.8, 4) is 5.69 Å². The number of esters is 2. The third-order valence-corrected chi connectivity index (χ3v) is 7.56. The van der Waals surface area contributed by atoms with Gasteiger partial charge in [0.2, 0.25) is 5.43 Å². The molecule has 1 aromatic heterocycles. The number of fused-ring (bicyclic) bond motifs is 1. The number of pyridine rings is 1. The highest BCUT2D eigenvalue weighted by Crippen LogP contribution is 2.44. The van der Waals surface area contributed by atoms with Crippen LogP contribution in [0.3, 0.4) is 0 Å². The maximum absolute atomic E-state index is 15.8. The number of carbonyl (C=O) groups excluding carboxylic acids is 2. The van der Waals surface area contributed by atoms with Crippen LogP contribution >= 0.6 is 11.6 Å². The summed E-state index contributed by atoms with van der Waals surface area (Å²) in [6.45, 7) is 2.02. The van der Waals surface area contributed by atoms with Crippen molar-refractivity contribution in [3.63, 3.8) is 0 Å². The fraction of sp³-hybridized carbons (Fsp3) is 0.320. The summed E-state index contributed by atoms with van der Waals surface area (Å²) in [6.07, 6.45) is -3.97. The molecule has 2 aliphatic heterocycles. The van der Waals surface area contributed by atoms with Gasteiger partial charge in [-0.3, -0.25) is 4.79 Å². The summed E-state index contributed by atoms with van der Waals surface area (Å²) in [7, 11) is 0. The van der Waals surface area contributed by atoms with E-state index in [2.05, 4.69) is 10.1 Å². The second-order valence-corrected chi connectivity index (χ2v) is 10.1. The third-order valence-electron chi connectivity index (χ3n) is 7.21. The van der Waals surface area contributed by atoms with E-state index < -0.39 is 58.4 Å². The number of aromatic nitrogens is 1. The molecule has 5 rings (SSSR count). The number of anilines is 2. The summed E-state index contributed by atoms with van der Waals surface area (Å²) in [4.78, 5) is 39.0. The number of benzene rings is 2. The normalized spacial score (nSPS) is 16.1. The van der Waals surface area contributed by atoms with E-state index in [-0.39, 0.29) is 38.6 Å². The van der Waals surface area contributed by atoms with Gasteiger partial charge in [0.1, 0.15) is 11.4 Å². The summed E-state index contributed by atoms with van der Waals surface area (Å²) in [6, 6.07) is 1.90. The van der Waals surface area contributed by atoms with Crippen LogP contribution in [0.15, 0.2) is 23.1 Å². The van der Waals surface area contributed by atoms with Gasteiger partial charge in [-0.25, -0.2) is 18.4 Å². The standard InChI is InChI=1S/C25H20ClF5N4O5/c1-10-16-19(17(26)20(18(10)28)34-8-24(9-34)2-3-33-24)35(15-5-14(32)13(27)4-11(15)7-36)6-12(21(16)37)22(38)40-23(39)25(29,30)31/h4-6,33,36H,2-3,7-9,32H2,1H3. The number of aliphatic hydroxyl groups excluding tert-OH is 1. The molecule has 40 heavy (non-hydrogen) atoms. The van der Waals surface area contributed by atoms with Gasteiger partial charge in [-0.15, -0.1) is 0 Å². The van der Waals surface area contributed by atoms with Crippen LogP contribution in [0.2, 0.25) is 5.02 Å². The molecule has 2 aromatic carbocycles. The zero-order valence-corrected chi connectivity index (χ0v) is 21.3. The molecule has 15 heteroatoms. The second kappa shape index (κ2) is 9.42. The first-order chi connectivity index (χ1) is 18.7. The second-order valence-electron chi connectivity index (χ2n) is 9.72. The van der Waals surface area contributed by atoms with Gasteiger partial charge in [-0.1, -0.05) is 11.6 Å². The van der Waals surface area contributed by atoms with Crippen LogP contribution in [0.25, 0.3) is 16.6 Å². The van der Waals surface area contributed by atoms with Gasteiger partial charge in [-0.05, 0) is 32.0 Å². The largest absolute Gasteiger partial charge is 0.491 e. The van der Waals surface area contributed by atoms with Crippen molar-refractivity contribution in [2.75, 3.05) is 30.3 Å². The number of alkyl halides is 3. The fourth-order valence-electron chi connectivity index (χ4n) is 5.05. The molecule has 2 saturated heterocycles. The molecular weight excluding hydrogens is 567 g/mol. The SMILES string of the molecule is Cc1c(F)c(N2CC3(CCN3)C2)c(Cl)c2c1c(=O)c(C(=O)OC(=O)C(F)(F)F)cn2-c1cc(N)c(F)cc1CO. The Balaban J connectivity index is 1.81. The van der Waals surface area contributed by atoms with E-state index >= 15 is 4.39 Å². The van der Waals surface area contributed by atoms with E-state index in [0.717, 1.165) is 35.9 Å². The van der Waals surface area contributed by atoms with E-state index in [4.69, 9.17) is 17.3 Å². The van der Waals surface area contributed by atoms with E-state index in [1.54, 1.807) is 4.90 Å². The minimum Gasteiger partial charge on any atom is -0.396 e. The van der Waals surface area contributed by atoms with E-state index in [0.29, 0.717) is 13.1 Å². The van der Waals surface area contributed by atoms with Crippen molar-refractivity contribution < 1.29 is 41.4 Å². The summed E-state index contributed by atoms with van der Waals surface area (Å²) in [5.41, 5.74) is 1.94. The summed E-state index contributed by atoms with van der Waals surface area (Å²) < 4.78 is 73.1. The molecule has 9 nitrogen and oxygen atoms in total. The first-order valence-corrected chi connectivity index (χ1v) is 12.2. The van der Waals surface area contributed by atoms with Gasteiger partial charge in [-0.2, -0.15) is 13.2 Å². The lowest BCUT2D eigenvalue weighted by atomic mass is 9.80. The van der Waals surface area contributed by atoms with Crippen molar-refractivity contribution in [1.29, 1.82) is 0 Å². The number of ether oxygens (including phenoxy) is 1. The Kier molecular flexibility index (Phi) is 6.55. The van der Waals surface area contributed by atoms with Crippen molar-refractivity contribution in [1.82, 2.24) is 9.88 Å². The third kappa shape index (κ3) is 4.26. The van der Waals surface area contributed by atoms with Gasteiger partial charge < -0.3 is 30.4 Å². The van der Waals surface area contributed by atoms with E-state index in [1.165, 1.54) is 6.92 Å². The highest BCUT2D eigenvalue weighted by molar-refractivity contribution is 6.38. The molecule has 2 fully saturated rings. The molecule has 0 aliphatic carbocycles. The number of nitrogens with one attached hydrogen (secondary N) is 1. The monoisotopic (exact) mass is 586 g/mol. The minimum atomic E-state index is -5.55. The minimum absolute atomic E-state index is 0.0673.